The molecule has 0 saturated carbocycles. The fraction of sp³-hybridized carbons (Fsp3) is 0.182. The van der Waals surface area contributed by atoms with E-state index >= 15 is 0 Å². The lowest BCUT2D eigenvalue weighted by Crippen LogP contribution is -2.25. The van der Waals surface area contributed by atoms with Crippen molar-refractivity contribution in [1.82, 2.24) is 4.72 Å². The molecule has 0 bridgehead atoms. The van der Waals surface area contributed by atoms with Crippen LogP contribution in [0.3, 0.4) is 0 Å². The Kier molecular flexibility index (Phi) is 4.35. The third-order valence-corrected chi connectivity index (χ3v) is 5.62. The Morgan fingerprint density at radius 3 is 2.74 bits per heavy atom. The van der Waals surface area contributed by atoms with Crippen LogP contribution in [0.2, 0.25) is 0 Å². The monoisotopic (exact) mass is 317 g/mol. The fourth-order valence-electron chi connectivity index (χ4n) is 1.42. The SMILES string of the molecule is O=C(O)c1cc(S(=O)(=O)NCCc2ccsc2)cs1. The van der Waals surface area contributed by atoms with E-state index in [1.165, 1.54) is 11.4 Å². The number of sulfonamides is 1. The van der Waals surface area contributed by atoms with Gasteiger partial charge in [0, 0.05) is 11.9 Å². The van der Waals surface area contributed by atoms with Crippen LogP contribution in [-0.4, -0.2) is 26.0 Å². The van der Waals surface area contributed by atoms with Crippen molar-refractivity contribution >= 4 is 38.7 Å². The molecule has 2 rings (SSSR count). The molecule has 0 atom stereocenters. The van der Waals surface area contributed by atoms with Crippen molar-refractivity contribution < 1.29 is 18.3 Å². The van der Waals surface area contributed by atoms with Gasteiger partial charge in [0.05, 0.1) is 4.90 Å². The third-order valence-electron chi connectivity index (χ3n) is 2.38. The van der Waals surface area contributed by atoms with Gasteiger partial charge in [0.1, 0.15) is 4.88 Å². The molecule has 8 heteroatoms. The van der Waals surface area contributed by atoms with Crippen molar-refractivity contribution in [2.24, 2.45) is 0 Å². The number of thiophene rings is 2. The lowest BCUT2D eigenvalue weighted by Gasteiger charge is -2.03. The van der Waals surface area contributed by atoms with Crippen LogP contribution < -0.4 is 4.72 Å². The van der Waals surface area contributed by atoms with E-state index in [1.54, 1.807) is 11.3 Å². The summed E-state index contributed by atoms with van der Waals surface area (Å²) < 4.78 is 26.3. The van der Waals surface area contributed by atoms with Crippen molar-refractivity contribution in [2.75, 3.05) is 6.54 Å². The Morgan fingerprint density at radius 2 is 2.16 bits per heavy atom. The summed E-state index contributed by atoms with van der Waals surface area (Å²) in [5, 5.41) is 14.0. The molecule has 0 aliphatic carbocycles. The molecule has 0 spiro atoms. The Bertz CT molecular complexity index is 658. The molecule has 2 N–H and O–H groups in total. The first-order valence-corrected chi connectivity index (χ1v) is 8.62. The number of carbonyl (C=O) groups is 1. The van der Waals surface area contributed by atoms with Gasteiger partial charge in [0.2, 0.25) is 10.0 Å². The molecule has 0 amide bonds. The molecule has 102 valence electrons. The molecule has 0 unspecified atom stereocenters. The normalized spacial score (nSPS) is 11.6. The van der Waals surface area contributed by atoms with Gasteiger partial charge >= 0.3 is 5.97 Å². The van der Waals surface area contributed by atoms with Crippen LogP contribution in [0.4, 0.5) is 0 Å². The number of nitrogens with one attached hydrogen (secondary N) is 1. The molecule has 2 aromatic heterocycles. The van der Waals surface area contributed by atoms with Crippen LogP contribution in [0.5, 0.6) is 0 Å². The van der Waals surface area contributed by atoms with Crippen LogP contribution >= 0.6 is 22.7 Å². The summed E-state index contributed by atoms with van der Waals surface area (Å²) in [5.41, 5.74) is 1.07. The second-order valence-electron chi connectivity index (χ2n) is 3.73. The zero-order chi connectivity index (χ0) is 13.9. The predicted octanol–water partition coefficient (Wildman–Crippen LogP) is 2.03. The van der Waals surface area contributed by atoms with E-state index < -0.39 is 16.0 Å². The zero-order valence-electron chi connectivity index (χ0n) is 9.70. The van der Waals surface area contributed by atoms with Gasteiger partial charge in [-0.05, 0) is 34.9 Å². The highest BCUT2D eigenvalue weighted by Crippen LogP contribution is 2.19. The van der Waals surface area contributed by atoms with Gasteiger partial charge in [0.15, 0.2) is 0 Å². The molecule has 19 heavy (non-hydrogen) atoms. The number of hydrogen-bond acceptors (Lipinski definition) is 5. The highest BCUT2D eigenvalue weighted by atomic mass is 32.2. The zero-order valence-corrected chi connectivity index (χ0v) is 12.1. The molecular weight excluding hydrogens is 306 g/mol. The average Bonchev–Trinajstić information content (AvgIpc) is 2.99. The first-order valence-electron chi connectivity index (χ1n) is 5.31. The minimum atomic E-state index is -3.63. The topological polar surface area (TPSA) is 83.5 Å². The van der Waals surface area contributed by atoms with Crippen LogP contribution in [0.15, 0.2) is 33.2 Å². The Labute approximate surface area is 118 Å². The van der Waals surface area contributed by atoms with E-state index in [0.29, 0.717) is 6.42 Å². The molecule has 0 radical (unpaired) electrons. The lowest BCUT2D eigenvalue weighted by molar-refractivity contribution is 0.0702. The summed E-state index contributed by atoms with van der Waals surface area (Å²) in [4.78, 5) is 10.7. The molecule has 0 aliphatic heterocycles. The number of aromatic carboxylic acids is 1. The quantitative estimate of drug-likeness (QED) is 0.854. The molecule has 0 fully saturated rings. The highest BCUT2D eigenvalue weighted by molar-refractivity contribution is 7.89. The summed E-state index contributed by atoms with van der Waals surface area (Å²) in [6.45, 7) is 0.289. The lowest BCUT2D eigenvalue weighted by atomic mass is 10.2. The van der Waals surface area contributed by atoms with Crippen molar-refractivity contribution in [1.29, 1.82) is 0 Å². The summed E-state index contributed by atoms with van der Waals surface area (Å²) in [5.74, 6) is -1.12. The first kappa shape index (κ1) is 14.2. The Morgan fingerprint density at radius 1 is 1.37 bits per heavy atom. The smallest absolute Gasteiger partial charge is 0.345 e. The maximum atomic E-state index is 11.9. The summed E-state index contributed by atoms with van der Waals surface area (Å²) in [6, 6.07) is 3.10. The molecule has 0 aromatic carbocycles. The minimum absolute atomic E-state index is 0.000202. The molecule has 5 nitrogen and oxygen atoms in total. The van der Waals surface area contributed by atoms with Gasteiger partial charge in [-0.2, -0.15) is 11.3 Å². The molecule has 2 aromatic rings. The van der Waals surface area contributed by atoms with E-state index in [9.17, 15) is 13.2 Å². The number of hydrogen-bond donors (Lipinski definition) is 2. The molecule has 0 saturated heterocycles. The van der Waals surface area contributed by atoms with Crippen molar-refractivity contribution in [3.05, 3.63) is 38.7 Å². The van der Waals surface area contributed by atoms with Gasteiger partial charge in [-0.1, -0.05) is 0 Å². The van der Waals surface area contributed by atoms with Gasteiger partial charge in [-0.15, -0.1) is 11.3 Å². The van der Waals surface area contributed by atoms with Gasteiger partial charge in [-0.25, -0.2) is 17.9 Å². The van der Waals surface area contributed by atoms with E-state index in [4.69, 9.17) is 5.11 Å². The van der Waals surface area contributed by atoms with Crippen LogP contribution in [0, 0.1) is 0 Å². The van der Waals surface area contributed by atoms with E-state index in [2.05, 4.69) is 4.72 Å². The third kappa shape index (κ3) is 3.63. The maximum absolute atomic E-state index is 11.9. The molecular formula is C11H11NO4S3. The van der Waals surface area contributed by atoms with E-state index in [-0.39, 0.29) is 16.3 Å². The second-order valence-corrected chi connectivity index (χ2v) is 7.19. The van der Waals surface area contributed by atoms with Gasteiger partial charge < -0.3 is 5.11 Å². The number of carboxylic acid groups (broad SMARTS) is 1. The van der Waals surface area contributed by atoms with Crippen LogP contribution in [0.1, 0.15) is 15.2 Å². The predicted molar refractivity (Wildman–Crippen MR) is 74.5 cm³/mol. The number of carboxylic acids is 1. The van der Waals surface area contributed by atoms with Crippen molar-refractivity contribution in [3.63, 3.8) is 0 Å². The summed E-state index contributed by atoms with van der Waals surface area (Å²) in [6.07, 6.45) is 0.610. The van der Waals surface area contributed by atoms with E-state index in [1.807, 2.05) is 16.8 Å². The summed E-state index contributed by atoms with van der Waals surface area (Å²) in [7, 11) is -3.63. The molecule has 0 aliphatic rings. The van der Waals surface area contributed by atoms with Gasteiger partial charge in [-0.3, -0.25) is 0 Å². The average molecular weight is 317 g/mol. The molecule has 2 heterocycles. The van der Waals surface area contributed by atoms with Crippen LogP contribution in [-0.2, 0) is 16.4 Å². The van der Waals surface area contributed by atoms with E-state index in [0.717, 1.165) is 16.9 Å². The standard InChI is InChI=1S/C11H11NO4S3/c13-11(14)10-5-9(7-18-10)19(15,16)12-3-1-8-2-4-17-6-8/h2,4-7,12H,1,3H2,(H,13,14). The van der Waals surface area contributed by atoms with Gasteiger partial charge in [0.25, 0.3) is 0 Å². The van der Waals surface area contributed by atoms with Crippen molar-refractivity contribution in [2.45, 2.75) is 11.3 Å². The summed E-state index contributed by atoms with van der Waals surface area (Å²) >= 11 is 2.46. The minimum Gasteiger partial charge on any atom is -0.477 e. The second kappa shape index (κ2) is 5.83. The fourth-order valence-corrected chi connectivity index (χ4v) is 4.27. The number of rotatable bonds is 6. The largest absolute Gasteiger partial charge is 0.477 e. The van der Waals surface area contributed by atoms with Crippen LogP contribution in [0.25, 0.3) is 0 Å². The Balaban J connectivity index is 1.99. The maximum Gasteiger partial charge on any atom is 0.345 e. The van der Waals surface area contributed by atoms with Crippen molar-refractivity contribution in [3.8, 4) is 0 Å². The first-order chi connectivity index (χ1) is 8.99. The highest BCUT2D eigenvalue weighted by Gasteiger charge is 2.17. The Hall–Kier alpha value is -1.22.